The SMILES string of the molecule is CCOc1ccc(CN2CC[C@@]3(c4n[nH]c(C)n4)CN(C(C)=O)C[C@H]3C2)cc1OC. The van der Waals surface area contributed by atoms with E-state index in [9.17, 15) is 4.79 Å². The predicted molar refractivity (Wildman–Crippen MR) is 113 cm³/mol. The van der Waals surface area contributed by atoms with Crippen LogP contribution in [0.1, 0.15) is 37.5 Å². The molecular formula is C22H31N5O3. The van der Waals surface area contributed by atoms with Gasteiger partial charge in [0.05, 0.1) is 19.1 Å². The van der Waals surface area contributed by atoms with E-state index in [-0.39, 0.29) is 11.3 Å². The van der Waals surface area contributed by atoms with Crippen molar-refractivity contribution >= 4 is 5.91 Å². The van der Waals surface area contributed by atoms with Crippen LogP contribution in [-0.2, 0) is 16.8 Å². The van der Waals surface area contributed by atoms with Crippen LogP contribution in [0.15, 0.2) is 18.2 Å². The number of benzene rings is 1. The molecule has 2 aromatic rings. The maximum atomic E-state index is 12.1. The Morgan fingerprint density at radius 1 is 1.33 bits per heavy atom. The van der Waals surface area contributed by atoms with Crippen LogP contribution in [0.3, 0.4) is 0 Å². The van der Waals surface area contributed by atoms with Crippen LogP contribution in [0.5, 0.6) is 11.5 Å². The van der Waals surface area contributed by atoms with Crippen molar-refractivity contribution in [3.63, 3.8) is 0 Å². The third-order valence-electron chi connectivity index (χ3n) is 6.47. The summed E-state index contributed by atoms with van der Waals surface area (Å²) in [7, 11) is 1.67. The maximum Gasteiger partial charge on any atom is 0.219 e. The van der Waals surface area contributed by atoms with Crippen LogP contribution in [0.2, 0.25) is 0 Å². The molecular weight excluding hydrogens is 382 g/mol. The fourth-order valence-corrected chi connectivity index (χ4v) is 4.91. The summed E-state index contributed by atoms with van der Waals surface area (Å²) in [6, 6.07) is 6.14. The Bertz CT molecular complexity index is 914. The van der Waals surface area contributed by atoms with E-state index in [0.717, 1.165) is 55.7 Å². The summed E-state index contributed by atoms with van der Waals surface area (Å²) in [6.45, 7) is 10.3. The van der Waals surface area contributed by atoms with E-state index in [1.54, 1.807) is 14.0 Å². The molecule has 1 N–H and O–H groups in total. The largest absolute Gasteiger partial charge is 0.493 e. The number of methoxy groups -OCH3 is 1. The molecule has 1 aromatic heterocycles. The molecule has 30 heavy (non-hydrogen) atoms. The highest BCUT2D eigenvalue weighted by Crippen LogP contribution is 2.44. The number of carbonyl (C=O) groups excluding carboxylic acids is 1. The number of H-pyrrole nitrogens is 1. The summed E-state index contributed by atoms with van der Waals surface area (Å²) in [5.41, 5.74) is 1.03. The number of hydrogen-bond donors (Lipinski definition) is 1. The topological polar surface area (TPSA) is 83.6 Å². The lowest BCUT2D eigenvalue weighted by Gasteiger charge is -2.41. The van der Waals surface area contributed by atoms with Crippen molar-refractivity contribution in [1.29, 1.82) is 0 Å². The molecule has 1 amide bonds. The van der Waals surface area contributed by atoms with E-state index >= 15 is 0 Å². The molecule has 8 nitrogen and oxygen atoms in total. The number of nitrogens with zero attached hydrogens (tertiary/aromatic N) is 4. The van der Waals surface area contributed by atoms with Gasteiger partial charge in [0.15, 0.2) is 17.3 Å². The van der Waals surface area contributed by atoms with Gasteiger partial charge in [-0.3, -0.25) is 14.8 Å². The second-order valence-corrected chi connectivity index (χ2v) is 8.40. The van der Waals surface area contributed by atoms with Crippen LogP contribution in [0.4, 0.5) is 0 Å². The normalized spacial score (nSPS) is 24.0. The summed E-state index contributed by atoms with van der Waals surface area (Å²) in [5.74, 6) is 3.66. The molecule has 3 heterocycles. The molecule has 0 unspecified atom stereocenters. The molecule has 0 aliphatic carbocycles. The lowest BCUT2D eigenvalue weighted by molar-refractivity contribution is -0.128. The highest BCUT2D eigenvalue weighted by Gasteiger charge is 2.53. The first-order chi connectivity index (χ1) is 14.4. The molecule has 8 heteroatoms. The zero-order valence-corrected chi connectivity index (χ0v) is 18.3. The maximum absolute atomic E-state index is 12.1. The first-order valence-electron chi connectivity index (χ1n) is 10.6. The van der Waals surface area contributed by atoms with E-state index in [0.29, 0.717) is 19.1 Å². The van der Waals surface area contributed by atoms with E-state index in [2.05, 4.69) is 32.2 Å². The van der Waals surface area contributed by atoms with Gasteiger partial charge in [-0.2, -0.15) is 5.10 Å². The minimum atomic E-state index is -0.163. The quantitative estimate of drug-likeness (QED) is 0.781. The number of aromatic nitrogens is 3. The number of likely N-dealkylation sites (tertiary alicyclic amines) is 2. The molecule has 0 saturated carbocycles. The summed E-state index contributed by atoms with van der Waals surface area (Å²) < 4.78 is 11.1. The first kappa shape index (κ1) is 20.7. The average Bonchev–Trinajstić information content (AvgIpc) is 3.33. The first-order valence-corrected chi connectivity index (χ1v) is 10.6. The van der Waals surface area contributed by atoms with Crippen LogP contribution >= 0.6 is 0 Å². The van der Waals surface area contributed by atoms with Gasteiger partial charge in [0.25, 0.3) is 0 Å². The Hall–Kier alpha value is -2.61. The molecule has 2 aliphatic heterocycles. The van der Waals surface area contributed by atoms with E-state index in [4.69, 9.17) is 9.47 Å². The van der Waals surface area contributed by atoms with Crippen molar-refractivity contribution in [2.24, 2.45) is 5.92 Å². The summed E-state index contributed by atoms with van der Waals surface area (Å²) in [4.78, 5) is 21.2. The van der Waals surface area contributed by atoms with Crippen molar-refractivity contribution in [3.05, 3.63) is 35.4 Å². The van der Waals surface area contributed by atoms with Gasteiger partial charge in [-0.25, -0.2) is 4.98 Å². The standard InChI is InChI=1S/C22H31N5O3/c1-5-30-19-7-6-17(10-20(19)29-4)11-26-9-8-22(21-23-15(2)24-25-21)14-27(16(3)28)13-18(22)12-26/h6-7,10,18H,5,8-9,11-14H2,1-4H3,(H,23,24,25)/t18-,22-/m1/s1. The molecule has 0 spiro atoms. The molecule has 2 saturated heterocycles. The number of hydrogen-bond acceptors (Lipinski definition) is 6. The number of nitrogens with one attached hydrogen (secondary N) is 1. The fraction of sp³-hybridized carbons (Fsp3) is 0.591. The number of fused-ring (bicyclic) bond motifs is 1. The van der Waals surface area contributed by atoms with E-state index in [1.165, 1.54) is 5.56 Å². The molecule has 2 atom stereocenters. The van der Waals surface area contributed by atoms with Crippen molar-refractivity contribution in [3.8, 4) is 11.5 Å². The van der Waals surface area contributed by atoms with Gasteiger partial charge in [-0.15, -0.1) is 0 Å². The Morgan fingerprint density at radius 2 is 2.17 bits per heavy atom. The van der Waals surface area contributed by atoms with Crippen molar-refractivity contribution in [2.75, 3.05) is 39.9 Å². The molecule has 2 aliphatic rings. The number of carbonyl (C=O) groups is 1. The van der Waals surface area contributed by atoms with Crippen LogP contribution in [0, 0.1) is 12.8 Å². The van der Waals surface area contributed by atoms with Gasteiger partial charge in [0, 0.05) is 39.0 Å². The molecule has 0 radical (unpaired) electrons. The highest BCUT2D eigenvalue weighted by molar-refractivity contribution is 5.74. The number of amides is 1. The van der Waals surface area contributed by atoms with Crippen LogP contribution < -0.4 is 9.47 Å². The summed E-state index contributed by atoms with van der Waals surface area (Å²) in [6.07, 6.45) is 0.937. The van der Waals surface area contributed by atoms with Crippen molar-refractivity contribution < 1.29 is 14.3 Å². The molecule has 2 fully saturated rings. The Kier molecular flexibility index (Phi) is 5.69. The zero-order valence-electron chi connectivity index (χ0n) is 18.3. The number of aryl methyl sites for hydroxylation is 1. The zero-order chi connectivity index (χ0) is 21.3. The lowest BCUT2D eigenvalue weighted by atomic mass is 9.72. The number of rotatable bonds is 6. The smallest absolute Gasteiger partial charge is 0.219 e. The molecule has 0 bridgehead atoms. The molecule has 4 rings (SSSR count). The van der Waals surface area contributed by atoms with Crippen LogP contribution in [-0.4, -0.2) is 70.8 Å². The molecule has 1 aromatic carbocycles. The van der Waals surface area contributed by atoms with Crippen molar-refractivity contribution in [1.82, 2.24) is 25.0 Å². The van der Waals surface area contributed by atoms with Crippen LogP contribution in [0.25, 0.3) is 0 Å². The monoisotopic (exact) mass is 413 g/mol. The van der Waals surface area contributed by atoms with Crippen molar-refractivity contribution in [2.45, 2.75) is 39.2 Å². The second kappa shape index (κ2) is 8.26. The Labute approximate surface area is 177 Å². The average molecular weight is 414 g/mol. The van der Waals surface area contributed by atoms with Gasteiger partial charge < -0.3 is 14.4 Å². The minimum absolute atomic E-state index is 0.124. The Morgan fingerprint density at radius 3 is 2.83 bits per heavy atom. The third kappa shape index (κ3) is 3.76. The number of ether oxygens (including phenoxy) is 2. The van der Waals surface area contributed by atoms with Gasteiger partial charge in [-0.05, 0) is 44.5 Å². The van der Waals surface area contributed by atoms with E-state index < -0.39 is 0 Å². The fourth-order valence-electron chi connectivity index (χ4n) is 4.91. The Balaban J connectivity index is 1.53. The van der Waals surface area contributed by atoms with Gasteiger partial charge >= 0.3 is 0 Å². The van der Waals surface area contributed by atoms with Gasteiger partial charge in [0.2, 0.25) is 5.91 Å². The highest BCUT2D eigenvalue weighted by atomic mass is 16.5. The second-order valence-electron chi connectivity index (χ2n) is 8.40. The summed E-state index contributed by atoms with van der Waals surface area (Å²) in [5, 5.41) is 7.50. The van der Waals surface area contributed by atoms with E-state index in [1.807, 2.05) is 24.8 Å². The number of aromatic amines is 1. The predicted octanol–water partition coefficient (Wildman–Crippen LogP) is 2.14. The third-order valence-corrected chi connectivity index (χ3v) is 6.47. The van der Waals surface area contributed by atoms with Gasteiger partial charge in [-0.1, -0.05) is 6.07 Å². The number of piperidine rings is 1. The summed E-state index contributed by atoms with van der Waals surface area (Å²) >= 11 is 0. The lowest BCUT2D eigenvalue weighted by Crippen LogP contribution is -2.49. The van der Waals surface area contributed by atoms with Gasteiger partial charge in [0.1, 0.15) is 5.82 Å². The minimum Gasteiger partial charge on any atom is -0.493 e. The molecule has 162 valence electrons.